The Morgan fingerprint density at radius 3 is 2.29 bits per heavy atom. The van der Waals surface area contributed by atoms with Crippen LogP contribution in [0.2, 0.25) is 0 Å². The van der Waals surface area contributed by atoms with Gasteiger partial charge in [-0.2, -0.15) is 8.78 Å². The van der Waals surface area contributed by atoms with Crippen molar-refractivity contribution in [2.24, 2.45) is 0 Å². The van der Waals surface area contributed by atoms with Gasteiger partial charge in [-0.3, -0.25) is 4.79 Å². The summed E-state index contributed by atoms with van der Waals surface area (Å²) in [6, 6.07) is 9.03. The summed E-state index contributed by atoms with van der Waals surface area (Å²) in [5.41, 5.74) is 0.665. The molecule has 128 valence electrons. The number of halogens is 3. The molecule has 1 N–H and O–H groups in total. The average molecular weight is 402 g/mol. The van der Waals surface area contributed by atoms with Crippen LogP contribution in [0.5, 0.6) is 17.2 Å². The van der Waals surface area contributed by atoms with E-state index >= 15 is 0 Å². The zero-order valence-electron chi connectivity index (χ0n) is 12.8. The second kappa shape index (κ2) is 7.96. The van der Waals surface area contributed by atoms with E-state index in [2.05, 4.69) is 26.0 Å². The molecule has 2 aromatic carbocycles. The lowest BCUT2D eigenvalue weighted by Crippen LogP contribution is -2.12. The Kier molecular flexibility index (Phi) is 5.97. The molecule has 0 heterocycles. The molecule has 0 aliphatic heterocycles. The van der Waals surface area contributed by atoms with E-state index < -0.39 is 12.5 Å². The van der Waals surface area contributed by atoms with Crippen molar-refractivity contribution in [1.82, 2.24) is 0 Å². The molecule has 0 aromatic heterocycles. The summed E-state index contributed by atoms with van der Waals surface area (Å²) in [6.07, 6.45) is 0. The summed E-state index contributed by atoms with van der Waals surface area (Å²) in [6.45, 7) is -3.00. The molecule has 0 saturated heterocycles. The van der Waals surface area contributed by atoms with Gasteiger partial charge >= 0.3 is 6.61 Å². The molecule has 2 rings (SSSR count). The predicted molar refractivity (Wildman–Crippen MR) is 88.3 cm³/mol. The average Bonchev–Trinajstić information content (AvgIpc) is 2.54. The maximum Gasteiger partial charge on any atom is 0.387 e. The molecule has 0 atom stereocenters. The Morgan fingerprint density at radius 1 is 1.04 bits per heavy atom. The maximum absolute atomic E-state index is 12.4. The van der Waals surface area contributed by atoms with Crippen LogP contribution in [0.1, 0.15) is 10.4 Å². The molecular weight excluding hydrogens is 388 g/mol. The SMILES string of the molecule is COc1ccc(C(=O)Nc2ccc(OC)c(OC(F)F)c2)cc1Br. The highest BCUT2D eigenvalue weighted by Gasteiger charge is 2.14. The molecule has 0 radical (unpaired) electrons. The number of benzene rings is 2. The summed E-state index contributed by atoms with van der Waals surface area (Å²) < 4.78 is 39.9. The Hall–Kier alpha value is -2.35. The van der Waals surface area contributed by atoms with Crippen molar-refractivity contribution in [2.45, 2.75) is 6.61 Å². The number of alkyl halides is 2. The fraction of sp³-hybridized carbons (Fsp3) is 0.188. The first-order valence-electron chi connectivity index (χ1n) is 6.72. The van der Waals surface area contributed by atoms with Gasteiger partial charge < -0.3 is 19.5 Å². The zero-order chi connectivity index (χ0) is 17.7. The van der Waals surface area contributed by atoms with Crippen LogP contribution < -0.4 is 19.5 Å². The number of amides is 1. The molecule has 0 aliphatic carbocycles. The first-order chi connectivity index (χ1) is 11.4. The van der Waals surface area contributed by atoms with Gasteiger partial charge in [0.1, 0.15) is 5.75 Å². The minimum Gasteiger partial charge on any atom is -0.496 e. The van der Waals surface area contributed by atoms with E-state index in [1.807, 2.05) is 0 Å². The van der Waals surface area contributed by atoms with Gasteiger partial charge in [0.05, 0.1) is 18.7 Å². The third-order valence-electron chi connectivity index (χ3n) is 3.05. The summed E-state index contributed by atoms with van der Waals surface area (Å²) in [5, 5.41) is 2.61. The van der Waals surface area contributed by atoms with Crippen LogP contribution in [0.4, 0.5) is 14.5 Å². The third kappa shape index (κ3) is 4.35. The number of carbonyl (C=O) groups is 1. The normalized spacial score (nSPS) is 10.4. The van der Waals surface area contributed by atoms with Crippen LogP contribution in [0, 0.1) is 0 Å². The van der Waals surface area contributed by atoms with Crippen LogP contribution in [-0.4, -0.2) is 26.7 Å². The van der Waals surface area contributed by atoms with Gasteiger partial charge in [-0.25, -0.2) is 0 Å². The monoisotopic (exact) mass is 401 g/mol. The molecule has 2 aromatic rings. The van der Waals surface area contributed by atoms with Crippen molar-refractivity contribution in [2.75, 3.05) is 19.5 Å². The second-order valence-electron chi connectivity index (χ2n) is 4.55. The first kappa shape index (κ1) is 18.0. The molecule has 5 nitrogen and oxygen atoms in total. The van der Waals surface area contributed by atoms with Gasteiger partial charge in [0.2, 0.25) is 0 Å². The highest BCUT2D eigenvalue weighted by Crippen LogP contribution is 2.32. The van der Waals surface area contributed by atoms with Crippen LogP contribution in [0.3, 0.4) is 0 Å². The third-order valence-corrected chi connectivity index (χ3v) is 3.67. The molecule has 0 spiro atoms. The smallest absolute Gasteiger partial charge is 0.387 e. The van der Waals surface area contributed by atoms with Gasteiger partial charge in [0.15, 0.2) is 11.5 Å². The van der Waals surface area contributed by atoms with Crippen LogP contribution in [0.25, 0.3) is 0 Å². The second-order valence-corrected chi connectivity index (χ2v) is 5.40. The number of hydrogen-bond donors (Lipinski definition) is 1. The number of carbonyl (C=O) groups excluding carboxylic acids is 1. The Morgan fingerprint density at radius 2 is 1.71 bits per heavy atom. The van der Waals surface area contributed by atoms with Gasteiger partial charge in [-0.05, 0) is 46.3 Å². The van der Waals surface area contributed by atoms with Crippen LogP contribution in [-0.2, 0) is 0 Å². The van der Waals surface area contributed by atoms with Gasteiger partial charge in [0, 0.05) is 17.3 Å². The number of ether oxygens (including phenoxy) is 3. The number of rotatable bonds is 6. The maximum atomic E-state index is 12.4. The first-order valence-corrected chi connectivity index (χ1v) is 7.51. The van der Waals surface area contributed by atoms with Gasteiger partial charge in [-0.1, -0.05) is 0 Å². The highest BCUT2D eigenvalue weighted by atomic mass is 79.9. The topological polar surface area (TPSA) is 56.8 Å². The van der Waals surface area contributed by atoms with Crippen molar-refractivity contribution in [1.29, 1.82) is 0 Å². The minimum absolute atomic E-state index is 0.139. The predicted octanol–water partition coefficient (Wildman–Crippen LogP) is 4.32. The number of hydrogen-bond acceptors (Lipinski definition) is 4. The van der Waals surface area contributed by atoms with Crippen molar-refractivity contribution in [3.8, 4) is 17.2 Å². The lowest BCUT2D eigenvalue weighted by molar-refractivity contribution is -0.0511. The number of anilines is 1. The molecular formula is C16H14BrF2NO4. The van der Waals surface area contributed by atoms with Crippen molar-refractivity contribution in [3.05, 3.63) is 46.4 Å². The van der Waals surface area contributed by atoms with Crippen molar-refractivity contribution in [3.63, 3.8) is 0 Å². The zero-order valence-corrected chi connectivity index (χ0v) is 14.4. The molecule has 8 heteroatoms. The molecule has 1 amide bonds. The Balaban J connectivity index is 2.20. The largest absolute Gasteiger partial charge is 0.496 e. The van der Waals surface area contributed by atoms with E-state index in [1.165, 1.54) is 32.4 Å². The summed E-state index contributed by atoms with van der Waals surface area (Å²) in [4.78, 5) is 12.3. The summed E-state index contributed by atoms with van der Waals surface area (Å²) >= 11 is 3.29. The van der Waals surface area contributed by atoms with Crippen molar-refractivity contribution >= 4 is 27.5 Å². The summed E-state index contributed by atoms with van der Waals surface area (Å²) in [5.74, 6) is 0.150. The minimum atomic E-state index is -3.00. The van der Waals surface area contributed by atoms with E-state index in [9.17, 15) is 13.6 Å². The van der Waals surface area contributed by atoms with Gasteiger partial charge in [0.25, 0.3) is 5.91 Å². The van der Waals surface area contributed by atoms with E-state index in [-0.39, 0.29) is 11.5 Å². The Labute approximate surface area is 145 Å². The fourth-order valence-corrected chi connectivity index (χ4v) is 2.49. The molecule has 0 aliphatic rings. The van der Waals surface area contributed by atoms with Gasteiger partial charge in [-0.15, -0.1) is 0 Å². The van der Waals surface area contributed by atoms with Crippen molar-refractivity contribution < 1.29 is 27.8 Å². The number of methoxy groups -OCH3 is 2. The van der Waals surface area contributed by atoms with E-state index in [4.69, 9.17) is 9.47 Å². The highest BCUT2D eigenvalue weighted by molar-refractivity contribution is 9.10. The van der Waals surface area contributed by atoms with E-state index in [1.54, 1.807) is 18.2 Å². The van der Waals surface area contributed by atoms with E-state index in [0.717, 1.165) is 0 Å². The Bertz CT molecular complexity index is 740. The van der Waals surface area contributed by atoms with Crippen LogP contribution in [0.15, 0.2) is 40.9 Å². The lowest BCUT2D eigenvalue weighted by Gasteiger charge is -2.12. The summed E-state index contributed by atoms with van der Waals surface area (Å²) in [7, 11) is 2.85. The molecule has 24 heavy (non-hydrogen) atoms. The molecule has 0 fully saturated rings. The van der Waals surface area contributed by atoms with Crippen LogP contribution >= 0.6 is 15.9 Å². The molecule has 0 unspecified atom stereocenters. The van der Waals surface area contributed by atoms with E-state index in [0.29, 0.717) is 21.5 Å². The standard InChI is InChI=1S/C16H14BrF2NO4/c1-22-12-5-3-9(7-11(12)17)15(21)20-10-4-6-13(23-2)14(8-10)24-16(18)19/h3-8,16H,1-2H3,(H,20,21). The fourth-order valence-electron chi connectivity index (χ4n) is 1.95. The number of nitrogens with one attached hydrogen (secondary N) is 1. The quantitative estimate of drug-likeness (QED) is 0.782. The lowest BCUT2D eigenvalue weighted by atomic mass is 10.2. The molecule has 0 bridgehead atoms. The molecule has 0 saturated carbocycles.